The van der Waals surface area contributed by atoms with Crippen LogP contribution in [0.2, 0.25) is 0 Å². The summed E-state index contributed by atoms with van der Waals surface area (Å²) in [5, 5.41) is 10.1. The Morgan fingerprint density at radius 1 is 1.41 bits per heavy atom. The summed E-state index contributed by atoms with van der Waals surface area (Å²) < 4.78 is 5.00. The van der Waals surface area contributed by atoms with Crippen molar-refractivity contribution in [3.8, 4) is 0 Å². The van der Waals surface area contributed by atoms with Crippen LogP contribution < -0.4 is 0 Å². The maximum absolute atomic E-state index is 11.3. The number of ether oxygens (including phenoxy) is 1. The fourth-order valence-corrected chi connectivity index (χ4v) is 1.97. The van der Waals surface area contributed by atoms with Crippen LogP contribution in [-0.2, 0) is 11.3 Å². The second-order valence-corrected chi connectivity index (χ2v) is 3.81. The van der Waals surface area contributed by atoms with E-state index in [1.54, 1.807) is 6.92 Å². The molecule has 0 aliphatic heterocycles. The first-order chi connectivity index (χ1) is 8.15. The lowest BCUT2D eigenvalue weighted by Gasteiger charge is -2.10. The summed E-state index contributed by atoms with van der Waals surface area (Å²) in [6, 6.07) is 7.50. The molecule has 4 nitrogen and oxygen atoms in total. The fraction of sp³-hybridized carbons (Fsp3) is 0.231. The van der Waals surface area contributed by atoms with Gasteiger partial charge < -0.3 is 9.84 Å². The number of aryl methyl sites for hydroxylation is 1. The summed E-state index contributed by atoms with van der Waals surface area (Å²) in [6.45, 7) is 2.00. The Morgan fingerprint density at radius 2 is 2.12 bits per heavy atom. The monoisotopic (exact) mass is 231 g/mol. The average molecular weight is 231 g/mol. The van der Waals surface area contributed by atoms with E-state index in [9.17, 15) is 9.90 Å². The highest BCUT2D eigenvalue weighted by Crippen LogP contribution is 2.23. The van der Waals surface area contributed by atoms with Crippen LogP contribution in [0.1, 0.15) is 21.6 Å². The van der Waals surface area contributed by atoms with Gasteiger partial charge in [0.1, 0.15) is 0 Å². The summed E-state index contributed by atoms with van der Waals surface area (Å²) in [5.74, 6) is -0.965. The first kappa shape index (κ1) is 11.5. The Morgan fingerprint density at radius 3 is 2.76 bits per heavy atom. The normalized spacial score (nSPS) is 10.7. The topological polar surface area (TPSA) is 59.4 Å². The van der Waals surface area contributed by atoms with Crippen molar-refractivity contribution < 1.29 is 14.6 Å². The minimum atomic E-state index is -0.965. The van der Waals surface area contributed by atoms with Gasteiger partial charge in [0, 0.05) is 12.5 Å². The number of para-hydroxylation sites is 1. The van der Waals surface area contributed by atoms with Gasteiger partial charge in [0.05, 0.1) is 23.4 Å². The van der Waals surface area contributed by atoms with Gasteiger partial charge >= 0.3 is 5.97 Å². The molecule has 1 aromatic heterocycles. The average Bonchev–Trinajstić information content (AvgIpc) is 2.29. The molecule has 1 aromatic carbocycles. The molecule has 2 aromatic rings. The zero-order valence-corrected chi connectivity index (χ0v) is 9.73. The van der Waals surface area contributed by atoms with Gasteiger partial charge in [-0.1, -0.05) is 18.2 Å². The number of rotatable bonds is 3. The molecular weight excluding hydrogens is 218 g/mol. The molecule has 0 saturated carbocycles. The van der Waals surface area contributed by atoms with Crippen molar-refractivity contribution in [1.29, 1.82) is 0 Å². The van der Waals surface area contributed by atoms with Gasteiger partial charge in [-0.3, -0.25) is 0 Å². The van der Waals surface area contributed by atoms with Crippen molar-refractivity contribution >= 4 is 16.9 Å². The van der Waals surface area contributed by atoms with Crippen molar-refractivity contribution in [3.05, 3.63) is 41.1 Å². The van der Waals surface area contributed by atoms with Gasteiger partial charge in [-0.15, -0.1) is 0 Å². The summed E-state index contributed by atoms with van der Waals surface area (Å²) in [5.41, 5.74) is 2.24. The SMILES string of the molecule is COCc1nc2ccccc2c(C)c1C(=O)O. The number of aromatic carboxylic acids is 1. The molecule has 0 saturated heterocycles. The number of fused-ring (bicyclic) bond motifs is 1. The van der Waals surface area contributed by atoms with E-state index in [-0.39, 0.29) is 12.2 Å². The second-order valence-electron chi connectivity index (χ2n) is 3.81. The third kappa shape index (κ3) is 1.99. The van der Waals surface area contributed by atoms with E-state index in [1.165, 1.54) is 7.11 Å². The molecule has 0 radical (unpaired) electrons. The number of hydrogen-bond donors (Lipinski definition) is 1. The van der Waals surface area contributed by atoms with Crippen LogP contribution in [0.4, 0.5) is 0 Å². The maximum Gasteiger partial charge on any atom is 0.337 e. The molecule has 0 atom stereocenters. The van der Waals surface area contributed by atoms with Crippen LogP contribution >= 0.6 is 0 Å². The summed E-state index contributed by atoms with van der Waals surface area (Å²) in [6.07, 6.45) is 0. The number of carboxylic acid groups (broad SMARTS) is 1. The number of carbonyl (C=O) groups is 1. The molecule has 0 unspecified atom stereocenters. The lowest BCUT2D eigenvalue weighted by molar-refractivity contribution is 0.0690. The summed E-state index contributed by atoms with van der Waals surface area (Å²) in [4.78, 5) is 15.6. The minimum Gasteiger partial charge on any atom is -0.478 e. The number of aromatic nitrogens is 1. The molecule has 1 heterocycles. The highest BCUT2D eigenvalue weighted by molar-refractivity contribution is 5.97. The molecule has 88 valence electrons. The van der Waals surface area contributed by atoms with Crippen molar-refractivity contribution in [2.45, 2.75) is 13.5 Å². The first-order valence-corrected chi connectivity index (χ1v) is 5.25. The molecule has 0 fully saturated rings. The second kappa shape index (κ2) is 4.51. The number of pyridine rings is 1. The zero-order valence-electron chi connectivity index (χ0n) is 9.73. The number of benzene rings is 1. The molecular formula is C13H13NO3. The lowest BCUT2D eigenvalue weighted by Crippen LogP contribution is -2.09. The molecule has 0 spiro atoms. The molecule has 0 aliphatic carbocycles. The van der Waals surface area contributed by atoms with E-state index in [0.29, 0.717) is 5.69 Å². The fourth-order valence-electron chi connectivity index (χ4n) is 1.97. The molecule has 0 aliphatic rings. The molecule has 17 heavy (non-hydrogen) atoms. The van der Waals surface area contributed by atoms with Crippen molar-refractivity contribution in [1.82, 2.24) is 4.98 Å². The van der Waals surface area contributed by atoms with Gasteiger partial charge in [-0.2, -0.15) is 0 Å². The van der Waals surface area contributed by atoms with Crippen LogP contribution in [0.25, 0.3) is 10.9 Å². The predicted octanol–water partition coefficient (Wildman–Crippen LogP) is 2.39. The standard InChI is InChI=1S/C13H13NO3/c1-8-9-5-3-4-6-10(9)14-11(7-17-2)12(8)13(15)16/h3-6H,7H2,1-2H3,(H,15,16). The van der Waals surface area contributed by atoms with Crippen LogP contribution in [0.15, 0.2) is 24.3 Å². The minimum absolute atomic E-state index is 0.202. The lowest BCUT2D eigenvalue weighted by atomic mass is 10.0. The van der Waals surface area contributed by atoms with Crippen LogP contribution in [0.3, 0.4) is 0 Å². The Kier molecular flexibility index (Phi) is 3.06. The van der Waals surface area contributed by atoms with Crippen LogP contribution in [0, 0.1) is 6.92 Å². The van der Waals surface area contributed by atoms with Crippen molar-refractivity contribution in [2.75, 3.05) is 7.11 Å². The Labute approximate surface area is 98.9 Å². The van der Waals surface area contributed by atoms with Gasteiger partial charge in [0.25, 0.3) is 0 Å². The van der Waals surface area contributed by atoms with E-state index >= 15 is 0 Å². The van der Waals surface area contributed by atoms with E-state index in [2.05, 4.69) is 4.98 Å². The molecule has 2 rings (SSSR count). The third-order valence-corrected chi connectivity index (χ3v) is 2.72. The van der Waals surface area contributed by atoms with Crippen LogP contribution in [0.5, 0.6) is 0 Å². The Hall–Kier alpha value is -1.94. The number of carboxylic acids is 1. The molecule has 1 N–H and O–H groups in total. The van der Waals surface area contributed by atoms with Gasteiger partial charge in [0.2, 0.25) is 0 Å². The third-order valence-electron chi connectivity index (χ3n) is 2.72. The molecule has 4 heteroatoms. The Bertz CT molecular complexity index is 578. The van der Waals surface area contributed by atoms with Gasteiger partial charge in [-0.25, -0.2) is 9.78 Å². The van der Waals surface area contributed by atoms with Crippen LogP contribution in [-0.4, -0.2) is 23.2 Å². The summed E-state index contributed by atoms with van der Waals surface area (Å²) >= 11 is 0. The maximum atomic E-state index is 11.3. The first-order valence-electron chi connectivity index (χ1n) is 5.25. The number of methoxy groups -OCH3 is 1. The van der Waals surface area contributed by atoms with E-state index in [4.69, 9.17) is 4.74 Å². The van der Waals surface area contributed by atoms with Crippen molar-refractivity contribution in [2.24, 2.45) is 0 Å². The Balaban J connectivity index is 2.79. The highest BCUT2D eigenvalue weighted by Gasteiger charge is 2.17. The van der Waals surface area contributed by atoms with Gasteiger partial charge in [-0.05, 0) is 18.6 Å². The largest absolute Gasteiger partial charge is 0.478 e. The number of nitrogens with zero attached hydrogens (tertiary/aromatic N) is 1. The molecule has 0 amide bonds. The van der Waals surface area contributed by atoms with E-state index in [0.717, 1.165) is 16.5 Å². The van der Waals surface area contributed by atoms with Gasteiger partial charge in [0.15, 0.2) is 0 Å². The predicted molar refractivity (Wildman–Crippen MR) is 64.2 cm³/mol. The smallest absolute Gasteiger partial charge is 0.337 e. The van der Waals surface area contributed by atoms with Crippen molar-refractivity contribution in [3.63, 3.8) is 0 Å². The molecule has 0 bridgehead atoms. The zero-order chi connectivity index (χ0) is 12.4. The quantitative estimate of drug-likeness (QED) is 0.881. The van der Waals surface area contributed by atoms with E-state index < -0.39 is 5.97 Å². The van der Waals surface area contributed by atoms with E-state index in [1.807, 2.05) is 24.3 Å². The highest BCUT2D eigenvalue weighted by atomic mass is 16.5. The summed E-state index contributed by atoms with van der Waals surface area (Å²) in [7, 11) is 1.53. The number of hydrogen-bond acceptors (Lipinski definition) is 3.